The average molecular weight is 348 g/mol. The van der Waals surface area contributed by atoms with E-state index in [4.69, 9.17) is 22.1 Å². The monoisotopic (exact) mass is 347 g/mol. The molecule has 0 heterocycles. The minimum Gasteiger partial charge on any atom is -0.398 e. The van der Waals surface area contributed by atoms with E-state index in [0.717, 1.165) is 36.8 Å². The number of carbonyl (C=O) groups is 1. The standard InChI is InChI=1S/C20H26ClNO2/c1-13-6-5-9-17(21)18(13)19(22)16(20(23)14-10-11-14)12-24-15-7-3-2-4-8-15/h5-6,9,14-15H,2-4,7-8,10-12,22H2,1H3. The number of Topliss-reactive ketones (excluding diaryl/α,β-unsaturated/α-hetero) is 1. The Labute approximate surface area is 149 Å². The van der Waals surface area contributed by atoms with Gasteiger partial charge in [0.15, 0.2) is 5.78 Å². The summed E-state index contributed by atoms with van der Waals surface area (Å²) in [6, 6.07) is 5.68. The Morgan fingerprint density at radius 3 is 2.54 bits per heavy atom. The lowest BCUT2D eigenvalue weighted by Gasteiger charge is -2.23. The number of nitrogens with two attached hydrogens (primary N) is 1. The second kappa shape index (κ2) is 7.71. The molecule has 0 spiro atoms. The van der Waals surface area contributed by atoms with E-state index in [2.05, 4.69) is 0 Å². The van der Waals surface area contributed by atoms with Gasteiger partial charge in [0.2, 0.25) is 0 Å². The summed E-state index contributed by atoms with van der Waals surface area (Å²) in [5.74, 6) is 0.263. The van der Waals surface area contributed by atoms with Crippen molar-refractivity contribution in [2.24, 2.45) is 11.7 Å². The van der Waals surface area contributed by atoms with Crippen LogP contribution in [0.1, 0.15) is 56.1 Å². The van der Waals surface area contributed by atoms with Crippen molar-refractivity contribution in [2.75, 3.05) is 6.61 Å². The minimum atomic E-state index is 0.122. The van der Waals surface area contributed by atoms with Crippen LogP contribution in [0.25, 0.3) is 5.70 Å². The molecule has 2 aliphatic carbocycles. The first kappa shape index (κ1) is 17.5. The Morgan fingerprint density at radius 1 is 1.21 bits per heavy atom. The van der Waals surface area contributed by atoms with Crippen molar-refractivity contribution < 1.29 is 9.53 Å². The Balaban J connectivity index is 1.86. The highest BCUT2D eigenvalue weighted by atomic mass is 35.5. The fraction of sp³-hybridized carbons (Fsp3) is 0.550. The molecule has 0 bridgehead atoms. The second-order valence-electron chi connectivity index (χ2n) is 7.03. The molecule has 130 valence electrons. The first-order chi connectivity index (χ1) is 11.6. The van der Waals surface area contributed by atoms with Crippen molar-refractivity contribution >= 4 is 23.1 Å². The van der Waals surface area contributed by atoms with Crippen molar-refractivity contribution in [3.05, 3.63) is 39.9 Å². The summed E-state index contributed by atoms with van der Waals surface area (Å²) in [4.78, 5) is 12.8. The number of carbonyl (C=O) groups excluding carboxylic acids is 1. The lowest BCUT2D eigenvalue weighted by Crippen LogP contribution is -2.23. The third kappa shape index (κ3) is 4.01. The number of benzene rings is 1. The molecule has 0 aromatic heterocycles. The van der Waals surface area contributed by atoms with Gasteiger partial charge in [-0.3, -0.25) is 4.79 Å². The molecule has 3 nitrogen and oxygen atoms in total. The fourth-order valence-electron chi connectivity index (χ4n) is 3.43. The van der Waals surface area contributed by atoms with Crippen molar-refractivity contribution in [1.29, 1.82) is 0 Å². The van der Waals surface area contributed by atoms with Crippen LogP contribution in [0, 0.1) is 12.8 Å². The van der Waals surface area contributed by atoms with Crippen molar-refractivity contribution in [2.45, 2.75) is 58.0 Å². The van der Waals surface area contributed by atoms with Gasteiger partial charge in [-0.2, -0.15) is 0 Å². The van der Waals surface area contributed by atoms with E-state index in [1.807, 2.05) is 25.1 Å². The summed E-state index contributed by atoms with van der Waals surface area (Å²) in [7, 11) is 0. The summed E-state index contributed by atoms with van der Waals surface area (Å²) in [5, 5.41) is 0.589. The first-order valence-electron chi connectivity index (χ1n) is 8.98. The molecule has 1 aromatic rings. The molecule has 0 radical (unpaired) electrons. The maximum absolute atomic E-state index is 12.8. The van der Waals surface area contributed by atoms with Crippen LogP contribution in [0.3, 0.4) is 0 Å². The van der Waals surface area contributed by atoms with Gasteiger partial charge in [0.25, 0.3) is 0 Å². The molecule has 1 aromatic carbocycles. The van der Waals surface area contributed by atoms with E-state index >= 15 is 0 Å². The number of aryl methyl sites for hydroxylation is 1. The predicted octanol–water partition coefficient (Wildman–Crippen LogP) is 4.65. The van der Waals surface area contributed by atoms with Crippen molar-refractivity contribution in [1.82, 2.24) is 0 Å². The van der Waals surface area contributed by atoms with Crippen LogP contribution >= 0.6 is 11.6 Å². The number of halogens is 1. The van der Waals surface area contributed by atoms with E-state index in [1.54, 1.807) is 0 Å². The third-order valence-corrected chi connectivity index (χ3v) is 5.39. The van der Waals surface area contributed by atoms with Gasteiger partial charge in [0.1, 0.15) is 0 Å². The molecule has 0 saturated heterocycles. The SMILES string of the molecule is Cc1cccc(Cl)c1C(N)=C(COC1CCCCC1)C(=O)C1CC1. The summed E-state index contributed by atoms with van der Waals surface area (Å²) < 4.78 is 6.06. The van der Waals surface area contributed by atoms with Crippen LogP contribution < -0.4 is 5.73 Å². The number of rotatable bonds is 6. The molecular formula is C20H26ClNO2. The lowest BCUT2D eigenvalue weighted by atomic mass is 9.96. The zero-order chi connectivity index (χ0) is 17.1. The smallest absolute Gasteiger partial charge is 0.166 e. The molecule has 0 aliphatic heterocycles. The van der Waals surface area contributed by atoms with Crippen LogP contribution in [-0.2, 0) is 9.53 Å². The zero-order valence-corrected chi connectivity index (χ0v) is 15.1. The number of ketones is 1. The van der Waals surface area contributed by atoms with Crippen LogP contribution in [0.2, 0.25) is 5.02 Å². The Bertz CT molecular complexity index is 623. The molecule has 24 heavy (non-hydrogen) atoms. The van der Waals surface area contributed by atoms with Gasteiger partial charge in [-0.15, -0.1) is 0 Å². The molecule has 2 N–H and O–H groups in total. The summed E-state index contributed by atoms with van der Waals surface area (Å²) >= 11 is 6.35. The van der Waals surface area contributed by atoms with Gasteiger partial charge in [0, 0.05) is 22.8 Å². The summed E-state index contributed by atoms with van der Waals surface area (Å²) in [5.41, 5.74) is 9.28. The quantitative estimate of drug-likeness (QED) is 0.762. The van der Waals surface area contributed by atoms with E-state index in [1.165, 1.54) is 19.3 Å². The van der Waals surface area contributed by atoms with Gasteiger partial charge in [-0.1, -0.05) is 43.0 Å². The molecule has 2 aliphatic rings. The zero-order valence-electron chi connectivity index (χ0n) is 14.3. The molecule has 4 heteroatoms. The minimum absolute atomic E-state index is 0.122. The maximum Gasteiger partial charge on any atom is 0.166 e. The van der Waals surface area contributed by atoms with Gasteiger partial charge < -0.3 is 10.5 Å². The van der Waals surface area contributed by atoms with Crippen LogP contribution in [0.5, 0.6) is 0 Å². The Kier molecular flexibility index (Phi) is 5.62. The largest absolute Gasteiger partial charge is 0.398 e. The Morgan fingerprint density at radius 2 is 1.92 bits per heavy atom. The first-order valence-corrected chi connectivity index (χ1v) is 9.35. The van der Waals surface area contributed by atoms with Gasteiger partial charge in [-0.25, -0.2) is 0 Å². The molecular weight excluding hydrogens is 322 g/mol. The maximum atomic E-state index is 12.8. The number of ether oxygens (including phenoxy) is 1. The van der Waals surface area contributed by atoms with Gasteiger partial charge in [-0.05, 0) is 44.2 Å². The fourth-order valence-corrected chi connectivity index (χ4v) is 3.75. The van der Waals surface area contributed by atoms with Gasteiger partial charge in [0.05, 0.1) is 17.7 Å². The van der Waals surface area contributed by atoms with Crippen LogP contribution in [-0.4, -0.2) is 18.5 Å². The molecule has 0 atom stereocenters. The van der Waals surface area contributed by atoms with E-state index in [9.17, 15) is 4.79 Å². The van der Waals surface area contributed by atoms with Crippen molar-refractivity contribution in [3.8, 4) is 0 Å². The molecule has 0 unspecified atom stereocenters. The van der Waals surface area contributed by atoms with Crippen LogP contribution in [0.15, 0.2) is 23.8 Å². The van der Waals surface area contributed by atoms with Gasteiger partial charge >= 0.3 is 0 Å². The van der Waals surface area contributed by atoms with Crippen LogP contribution in [0.4, 0.5) is 0 Å². The highest BCUT2D eigenvalue weighted by Gasteiger charge is 2.34. The second-order valence-corrected chi connectivity index (χ2v) is 7.44. The van der Waals surface area contributed by atoms with E-state index in [-0.39, 0.29) is 17.8 Å². The predicted molar refractivity (Wildman–Crippen MR) is 97.9 cm³/mol. The lowest BCUT2D eigenvalue weighted by molar-refractivity contribution is -0.117. The topological polar surface area (TPSA) is 52.3 Å². The average Bonchev–Trinajstić information content (AvgIpc) is 3.40. The molecule has 2 fully saturated rings. The third-order valence-electron chi connectivity index (χ3n) is 5.08. The highest BCUT2D eigenvalue weighted by Crippen LogP contribution is 2.35. The number of hydrogen-bond donors (Lipinski definition) is 1. The summed E-state index contributed by atoms with van der Waals surface area (Å²) in [6.45, 7) is 2.27. The summed E-state index contributed by atoms with van der Waals surface area (Å²) in [6.07, 6.45) is 8.02. The Hall–Kier alpha value is -1.32. The molecule has 0 amide bonds. The normalized spacial score (nSPS) is 19.9. The van der Waals surface area contributed by atoms with Crippen molar-refractivity contribution in [3.63, 3.8) is 0 Å². The van der Waals surface area contributed by atoms with E-state index in [0.29, 0.717) is 22.9 Å². The molecule has 2 saturated carbocycles. The highest BCUT2D eigenvalue weighted by molar-refractivity contribution is 6.32. The number of hydrogen-bond acceptors (Lipinski definition) is 3. The molecule has 3 rings (SSSR count). The van der Waals surface area contributed by atoms with E-state index < -0.39 is 0 Å².